The first-order valence-electron chi connectivity index (χ1n) is 16.4. The van der Waals surface area contributed by atoms with Crippen LogP contribution in [0.1, 0.15) is 66.3 Å². The average molecular weight is 664 g/mol. The Labute approximate surface area is 274 Å². The number of nitrogens with one attached hydrogen (secondary N) is 1. The number of aryl methyl sites for hydroxylation is 1. The molecule has 0 bridgehead atoms. The molecule has 2 saturated carbocycles. The number of rotatable bonds is 8. The number of aromatic nitrogens is 4. The number of benzene rings is 1. The summed E-state index contributed by atoms with van der Waals surface area (Å²) in [7, 11) is 0. The van der Waals surface area contributed by atoms with Gasteiger partial charge < -0.3 is 24.7 Å². The molecule has 4 aromatic rings. The van der Waals surface area contributed by atoms with Crippen molar-refractivity contribution in [1.29, 1.82) is 0 Å². The van der Waals surface area contributed by atoms with Crippen LogP contribution in [0.15, 0.2) is 47.2 Å². The number of aliphatic hydroxyl groups is 1. The molecule has 14 heteroatoms. The van der Waals surface area contributed by atoms with Crippen LogP contribution in [-0.4, -0.2) is 86.0 Å². The summed E-state index contributed by atoms with van der Waals surface area (Å²) in [4.78, 5) is 34.4. The third-order valence-electron chi connectivity index (χ3n) is 10.5. The molecule has 2 N–H and O–H groups in total. The molecular formula is C34H36F3N7O4. The number of hydrogen-bond donors (Lipinski definition) is 2. The number of fused-ring (bicyclic) bond motifs is 1. The molecule has 4 aliphatic rings. The van der Waals surface area contributed by atoms with Crippen LogP contribution in [0.4, 0.5) is 24.5 Å². The van der Waals surface area contributed by atoms with Crippen LogP contribution in [0, 0.1) is 18.3 Å². The molecule has 1 aromatic carbocycles. The van der Waals surface area contributed by atoms with Crippen molar-refractivity contribution in [3.63, 3.8) is 0 Å². The summed E-state index contributed by atoms with van der Waals surface area (Å²) in [6.45, 7) is 4.27. The van der Waals surface area contributed by atoms with Crippen molar-refractivity contribution < 1.29 is 32.4 Å². The first kappa shape index (κ1) is 30.8. The Morgan fingerprint density at radius 3 is 2.60 bits per heavy atom. The van der Waals surface area contributed by atoms with E-state index < -0.39 is 30.5 Å². The van der Waals surface area contributed by atoms with E-state index in [2.05, 4.69) is 25.5 Å². The topological polar surface area (TPSA) is 129 Å². The molecule has 11 nitrogen and oxygen atoms in total. The van der Waals surface area contributed by atoms with Crippen LogP contribution < -0.4 is 10.2 Å². The third kappa shape index (κ3) is 5.59. The van der Waals surface area contributed by atoms with Gasteiger partial charge in [-0.25, -0.2) is 17.7 Å². The highest BCUT2D eigenvalue weighted by molar-refractivity contribution is 6.09. The number of piperidine rings is 1. The monoisotopic (exact) mass is 663 g/mol. The number of anilines is 2. The second-order valence-electron chi connectivity index (χ2n) is 14.2. The van der Waals surface area contributed by atoms with Crippen LogP contribution in [0.25, 0.3) is 16.9 Å². The van der Waals surface area contributed by atoms with Crippen molar-refractivity contribution in [3.05, 3.63) is 59.7 Å². The van der Waals surface area contributed by atoms with E-state index in [1.54, 1.807) is 21.7 Å². The number of carbonyl (C=O) groups is 2. The number of pyridine rings is 1. The maximum Gasteiger partial charge on any atom is 0.259 e. The summed E-state index contributed by atoms with van der Waals surface area (Å²) in [5.74, 6) is -0.0179. The van der Waals surface area contributed by atoms with E-state index in [0.717, 1.165) is 11.3 Å². The minimum absolute atomic E-state index is 0.00467. The summed E-state index contributed by atoms with van der Waals surface area (Å²) in [5, 5.41) is 21.9. The van der Waals surface area contributed by atoms with Crippen molar-refractivity contribution >= 4 is 28.7 Å². The number of nitrogens with zero attached hydrogens (tertiary/aromatic N) is 6. The Morgan fingerprint density at radius 2 is 1.90 bits per heavy atom. The average Bonchev–Trinajstić information content (AvgIpc) is 3.37. The van der Waals surface area contributed by atoms with Gasteiger partial charge in [-0.3, -0.25) is 9.59 Å². The molecule has 252 valence electrons. The number of alkyl halides is 3. The lowest BCUT2D eigenvalue weighted by molar-refractivity contribution is -0.161. The fourth-order valence-corrected chi connectivity index (χ4v) is 7.89. The van der Waals surface area contributed by atoms with Gasteiger partial charge in [0.05, 0.1) is 28.8 Å². The Kier molecular flexibility index (Phi) is 7.27. The predicted molar refractivity (Wildman–Crippen MR) is 169 cm³/mol. The Morgan fingerprint density at radius 1 is 1.15 bits per heavy atom. The summed E-state index contributed by atoms with van der Waals surface area (Å²) in [6, 6.07) is 9.34. The summed E-state index contributed by atoms with van der Waals surface area (Å²) < 4.78 is 46.2. The number of carbonyl (C=O) groups excluding carboxylic acids is 2. The molecule has 2 amide bonds. The summed E-state index contributed by atoms with van der Waals surface area (Å²) in [6.07, 6.45) is 1.70. The van der Waals surface area contributed by atoms with Crippen LogP contribution in [0.3, 0.4) is 0 Å². The zero-order valence-corrected chi connectivity index (χ0v) is 26.4. The van der Waals surface area contributed by atoms with Gasteiger partial charge >= 0.3 is 0 Å². The van der Waals surface area contributed by atoms with Crippen molar-refractivity contribution in [2.75, 3.05) is 36.4 Å². The van der Waals surface area contributed by atoms with Crippen molar-refractivity contribution in [2.24, 2.45) is 11.3 Å². The van der Waals surface area contributed by atoms with Crippen molar-refractivity contribution in [1.82, 2.24) is 24.7 Å². The van der Waals surface area contributed by atoms with Gasteiger partial charge in [0.2, 0.25) is 24.0 Å². The van der Waals surface area contributed by atoms with Crippen LogP contribution in [-0.2, 0) is 4.79 Å². The second-order valence-corrected chi connectivity index (χ2v) is 14.2. The van der Waals surface area contributed by atoms with E-state index in [-0.39, 0.29) is 23.1 Å². The highest BCUT2D eigenvalue weighted by atomic mass is 19.3. The molecule has 0 radical (unpaired) electrons. The van der Waals surface area contributed by atoms with Gasteiger partial charge in [0.1, 0.15) is 6.17 Å². The number of likely N-dealkylation sites (tertiary alicyclic amines) is 1. The van der Waals surface area contributed by atoms with E-state index in [1.807, 2.05) is 31.2 Å². The predicted octanol–water partition coefficient (Wildman–Crippen LogP) is 5.00. The van der Waals surface area contributed by atoms with Crippen LogP contribution >= 0.6 is 0 Å². The second kappa shape index (κ2) is 11.3. The summed E-state index contributed by atoms with van der Waals surface area (Å²) in [5.41, 5.74) is 2.59. The highest BCUT2D eigenvalue weighted by Gasteiger charge is 2.60. The van der Waals surface area contributed by atoms with Gasteiger partial charge in [-0.1, -0.05) is 17.3 Å². The molecule has 0 unspecified atom stereocenters. The SMILES string of the molecule is Cc1ccc(-c2noc(C3CCN(C(=O)[C@H]4C[C@@H]4F)CC3)n2)cc1NC(=O)c1cnn2ccc(N3CC4(C3)CC(O)(CC(F)F)C4)cc12. The maximum absolute atomic E-state index is 13.6. The number of halogens is 3. The standard InChI is InChI=1S/C34H36F3N7O4/c1-19-2-3-21(29-40-31(48-41-29)20-4-7-42(8-5-20)32(46)23-12-25(23)35)10-26(19)39-30(45)24-14-38-44-9-6-22(11-27(24)44)43-17-33(18-43)15-34(47,16-33)13-28(36)37/h2-3,6,9-11,14,20,23,25,28,47H,4-5,7-8,12-13,15-18H2,1H3,(H,39,45)/t23-,25-/m0/s1. The number of amides is 2. The van der Waals surface area contributed by atoms with Crippen molar-refractivity contribution in [3.8, 4) is 11.4 Å². The molecule has 48 heavy (non-hydrogen) atoms. The smallest absolute Gasteiger partial charge is 0.259 e. The number of hydrogen-bond acceptors (Lipinski definition) is 8. The van der Waals surface area contributed by atoms with Gasteiger partial charge in [-0.2, -0.15) is 10.1 Å². The molecule has 2 atom stereocenters. The fourth-order valence-electron chi connectivity index (χ4n) is 7.89. The van der Waals surface area contributed by atoms with E-state index in [0.29, 0.717) is 92.3 Å². The molecule has 8 rings (SSSR count). The lowest BCUT2D eigenvalue weighted by atomic mass is 9.54. The van der Waals surface area contributed by atoms with Crippen molar-refractivity contribution in [2.45, 2.75) is 69.6 Å². The Hall–Kier alpha value is -4.46. The van der Waals surface area contributed by atoms with E-state index in [4.69, 9.17) is 4.52 Å². The zero-order chi connectivity index (χ0) is 33.4. The Balaban J connectivity index is 0.924. The molecule has 1 spiro atoms. The summed E-state index contributed by atoms with van der Waals surface area (Å²) >= 11 is 0. The molecule has 2 aliphatic heterocycles. The molecule has 2 saturated heterocycles. The normalized spacial score (nSPS) is 23.0. The fraction of sp³-hybridized carbons (Fsp3) is 0.500. The molecule has 4 fully saturated rings. The van der Waals surface area contributed by atoms with Crippen LogP contribution in [0.5, 0.6) is 0 Å². The largest absolute Gasteiger partial charge is 0.390 e. The lowest BCUT2D eigenvalue weighted by Crippen LogP contribution is -2.68. The van der Waals surface area contributed by atoms with Gasteiger partial charge in [-0.15, -0.1) is 0 Å². The highest BCUT2D eigenvalue weighted by Crippen LogP contribution is 2.56. The van der Waals surface area contributed by atoms with Gasteiger partial charge in [0.15, 0.2) is 0 Å². The van der Waals surface area contributed by atoms with Gasteiger partial charge in [0.25, 0.3) is 5.91 Å². The zero-order valence-electron chi connectivity index (χ0n) is 26.4. The molecule has 5 heterocycles. The Bertz CT molecular complexity index is 1890. The van der Waals surface area contributed by atoms with Gasteiger partial charge in [0, 0.05) is 67.1 Å². The quantitative estimate of drug-likeness (QED) is 0.270. The molecule has 2 aliphatic carbocycles. The van der Waals surface area contributed by atoms with E-state index >= 15 is 0 Å². The van der Waals surface area contributed by atoms with E-state index in [9.17, 15) is 27.9 Å². The third-order valence-corrected chi connectivity index (χ3v) is 10.5. The first-order valence-corrected chi connectivity index (χ1v) is 16.4. The maximum atomic E-state index is 13.6. The van der Waals surface area contributed by atoms with E-state index in [1.165, 1.54) is 6.20 Å². The lowest BCUT2D eigenvalue weighted by Gasteiger charge is -2.63. The minimum Gasteiger partial charge on any atom is -0.390 e. The molecule has 3 aromatic heterocycles. The molecular weight excluding hydrogens is 627 g/mol. The first-order chi connectivity index (χ1) is 23.0. The van der Waals surface area contributed by atoms with Gasteiger partial charge in [-0.05, 0) is 62.8 Å². The van der Waals surface area contributed by atoms with Crippen LogP contribution in [0.2, 0.25) is 0 Å². The minimum atomic E-state index is -2.52.